The van der Waals surface area contributed by atoms with Gasteiger partial charge in [0.15, 0.2) is 0 Å². The van der Waals surface area contributed by atoms with E-state index in [0.717, 1.165) is 22.6 Å². The molecule has 3 rings (SSSR count). The lowest BCUT2D eigenvalue weighted by Crippen LogP contribution is -2.10. The summed E-state index contributed by atoms with van der Waals surface area (Å²) >= 11 is 0. The number of hydrogen-bond donors (Lipinski definition) is 1. The molecule has 3 aromatic rings. The first-order valence-corrected chi connectivity index (χ1v) is 7.29. The number of hydrogen-bond acceptors (Lipinski definition) is 3. The molecule has 118 valence electrons. The molecule has 5 nitrogen and oxygen atoms in total. The van der Waals surface area contributed by atoms with Crippen molar-refractivity contribution >= 4 is 5.91 Å². The van der Waals surface area contributed by atoms with E-state index in [0.29, 0.717) is 11.1 Å². The molecule has 5 heteroatoms. The van der Waals surface area contributed by atoms with Gasteiger partial charge in [0, 0.05) is 29.2 Å². The van der Waals surface area contributed by atoms with E-state index in [2.05, 4.69) is 6.07 Å². The van der Waals surface area contributed by atoms with E-state index in [-0.39, 0.29) is 0 Å². The van der Waals surface area contributed by atoms with Crippen molar-refractivity contribution in [2.75, 3.05) is 7.11 Å². The molecule has 0 bridgehead atoms. The standard InChI is InChI=1S/C19H15N3O2/c1-24-17-4-2-3-14(9-17)18-12-22(11-15(18)10-20)16-7-5-13(6-8-16)19(21)23/h2-9,11-12H,1H3,(H2,21,23). The SMILES string of the molecule is COc1cccc(-c2cn(-c3ccc(C(N)=O)cc3)cc2C#N)c1. The Morgan fingerprint density at radius 1 is 1.17 bits per heavy atom. The molecule has 0 radical (unpaired) electrons. The minimum absolute atomic E-state index is 0.444. The van der Waals surface area contributed by atoms with Gasteiger partial charge >= 0.3 is 0 Å². The lowest BCUT2D eigenvalue weighted by Gasteiger charge is -2.04. The monoisotopic (exact) mass is 317 g/mol. The lowest BCUT2D eigenvalue weighted by molar-refractivity contribution is 0.100. The zero-order chi connectivity index (χ0) is 17.1. The van der Waals surface area contributed by atoms with Gasteiger partial charge in [0.05, 0.1) is 12.7 Å². The Morgan fingerprint density at radius 3 is 2.54 bits per heavy atom. The maximum Gasteiger partial charge on any atom is 0.248 e. The van der Waals surface area contributed by atoms with E-state index in [1.165, 1.54) is 0 Å². The van der Waals surface area contributed by atoms with E-state index in [1.807, 2.05) is 35.0 Å². The number of nitrogens with two attached hydrogens (primary N) is 1. The largest absolute Gasteiger partial charge is 0.497 e. The fourth-order valence-electron chi connectivity index (χ4n) is 2.51. The second-order valence-corrected chi connectivity index (χ2v) is 5.25. The number of carbonyl (C=O) groups is 1. The van der Waals surface area contributed by atoms with Crippen LogP contribution in [0.1, 0.15) is 15.9 Å². The maximum absolute atomic E-state index is 11.2. The summed E-state index contributed by atoms with van der Waals surface area (Å²) in [4.78, 5) is 11.2. The quantitative estimate of drug-likeness (QED) is 0.802. The summed E-state index contributed by atoms with van der Waals surface area (Å²) in [6, 6.07) is 16.7. The van der Waals surface area contributed by atoms with Crippen LogP contribution in [0.2, 0.25) is 0 Å². The molecule has 24 heavy (non-hydrogen) atoms. The molecule has 2 aromatic carbocycles. The van der Waals surface area contributed by atoms with Gasteiger partial charge in [-0.15, -0.1) is 0 Å². The zero-order valence-electron chi connectivity index (χ0n) is 13.1. The van der Waals surface area contributed by atoms with Crippen LogP contribution in [0.25, 0.3) is 16.8 Å². The number of amides is 1. The summed E-state index contributed by atoms with van der Waals surface area (Å²) < 4.78 is 7.09. The molecule has 1 amide bonds. The molecule has 0 unspecified atom stereocenters. The Balaban J connectivity index is 2.04. The van der Waals surface area contributed by atoms with Crippen molar-refractivity contribution < 1.29 is 9.53 Å². The number of nitriles is 1. The molecule has 0 atom stereocenters. The number of primary amides is 1. The van der Waals surface area contributed by atoms with Gasteiger partial charge in [0.1, 0.15) is 11.8 Å². The molecule has 1 heterocycles. The fraction of sp³-hybridized carbons (Fsp3) is 0.0526. The van der Waals surface area contributed by atoms with E-state index in [1.54, 1.807) is 37.6 Å². The minimum Gasteiger partial charge on any atom is -0.497 e. The number of carbonyl (C=O) groups excluding carboxylic acids is 1. The number of nitrogens with zero attached hydrogens (tertiary/aromatic N) is 2. The second kappa shape index (κ2) is 6.31. The molecule has 0 aliphatic rings. The van der Waals surface area contributed by atoms with Crippen LogP contribution in [0, 0.1) is 11.3 Å². The topological polar surface area (TPSA) is 81.0 Å². The average Bonchev–Trinajstić information content (AvgIpc) is 3.06. The molecular formula is C19H15N3O2. The molecule has 0 spiro atoms. The third kappa shape index (κ3) is 2.85. The molecule has 1 aromatic heterocycles. The summed E-state index contributed by atoms with van der Waals surface area (Å²) in [6.07, 6.45) is 3.64. The smallest absolute Gasteiger partial charge is 0.248 e. The lowest BCUT2D eigenvalue weighted by atomic mass is 10.1. The van der Waals surface area contributed by atoms with Gasteiger partial charge in [-0.2, -0.15) is 5.26 Å². The van der Waals surface area contributed by atoms with Gasteiger partial charge in [-0.05, 0) is 42.0 Å². The van der Waals surface area contributed by atoms with Crippen molar-refractivity contribution in [1.82, 2.24) is 4.57 Å². The highest BCUT2D eigenvalue weighted by atomic mass is 16.5. The molecule has 0 saturated heterocycles. The van der Waals surface area contributed by atoms with Crippen molar-refractivity contribution in [1.29, 1.82) is 5.26 Å². The van der Waals surface area contributed by atoms with Crippen LogP contribution in [0.4, 0.5) is 0 Å². The number of rotatable bonds is 4. The normalized spacial score (nSPS) is 10.2. The Bertz CT molecular complexity index is 934. The summed E-state index contributed by atoms with van der Waals surface area (Å²) in [7, 11) is 1.61. The van der Waals surface area contributed by atoms with Crippen LogP contribution in [-0.2, 0) is 0 Å². The van der Waals surface area contributed by atoms with Crippen molar-refractivity contribution in [3.8, 4) is 28.6 Å². The Kier molecular flexibility index (Phi) is 4.04. The second-order valence-electron chi connectivity index (χ2n) is 5.25. The van der Waals surface area contributed by atoms with Crippen molar-refractivity contribution in [2.45, 2.75) is 0 Å². The highest BCUT2D eigenvalue weighted by Crippen LogP contribution is 2.28. The number of benzene rings is 2. The molecule has 0 aliphatic carbocycles. The summed E-state index contributed by atoms with van der Waals surface area (Å²) in [5, 5.41) is 9.43. The van der Waals surface area contributed by atoms with E-state index >= 15 is 0 Å². The Labute approximate surface area is 139 Å². The number of methoxy groups -OCH3 is 1. The van der Waals surface area contributed by atoms with Gasteiger partial charge in [0.25, 0.3) is 0 Å². The molecule has 0 saturated carbocycles. The molecule has 0 aliphatic heterocycles. The predicted molar refractivity (Wildman–Crippen MR) is 91.0 cm³/mol. The number of aromatic nitrogens is 1. The third-order valence-corrected chi connectivity index (χ3v) is 3.78. The highest BCUT2D eigenvalue weighted by molar-refractivity contribution is 5.92. The van der Waals surface area contributed by atoms with Gasteiger partial charge in [-0.25, -0.2) is 0 Å². The van der Waals surface area contributed by atoms with Crippen LogP contribution in [0.3, 0.4) is 0 Å². The fourth-order valence-corrected chi connectivity index (χ4v) is 2.51. The van der Waals surface area contributed by atoms with Crippen LogP contribution < -0.4 is 10.5 Å². The molecule has 0 fully saturated rings. The Morgan fingerprint density at radius 2 is 1.92 bits per heavy atom. The summed E-state index contributed by atoms with van der Waals surface area (Å²) in [5.74, 6) is 0.263. The van der Waals surface area contributed by atoms with Crippen LogP contribution in [0.5, 0.6) is 5.75 Å². The Hall–Kier alpha value is -3.52. The molecular weight excluding hydrogens is 302 g/mol. The van der Waals surface area contributed by atoms with Crippen LogP contribution in [-0.4, -0.2) is 17.6 Å². The summed E-state index contributed by atoms with van der Waals surface area (Å²) in [6.45, 7) is 0. The first-order valence-electron chi connectivity index (χ1n) is 7.29. The van der Waals surface area contributed by atoms with Crippen molar-refractivity contribution in [3.05, 3.63) is 72.1 Å². The van der Waals surface area contributed by atoms with E-state index < -0.39 is 5.91 Å². The number of ether oxygens (including phenoxy) is 1. The van der Waals surface area contributed by atoms with Gasteiger partial charge in [0.2, 0.25) is 5.91 Å². The van der Waals surface area contributed by atoms with E-state index in [9.17, 15) is 10.1 Å². The van der Waals surface area contributed by atoms with Gasteiger partial charge in [-0.1, -0.05) is 12.1 Å². The van der Waals surface area contributed by atoms with E-state index in [4.69, 9.17) is 10.5 Å². The van der Waals surface area contributed by atoms with Gasteiger partial charge < -0.3 is 15.0 Å². The van der Waals surface area contributed by atoms with Crippen LogP contribution >= 0.6 is 0 Å². The maximum atomic E-state index is 11.2. The average molecular weight is 317 g/mol. The van der Waals surface area contributed by atoms with Crippen molar-refractivity contribution in [3.63, 3.8) is 0 Å². The molecule has 2 N–H and O–H groups in total. The minimum atomic E-state index is -0.469. The third-order valence-electron chi connectivity index (χ3n) is 3.78. The zero-order valence-corrected chi connectivity index (χ0v) is 13.1. The highest BCUT2D eigenvalue weighted by Gasteiger charge is 2.11. The summed E-state index contributed by atoms with van der Waals surface area (Å²) in [5.41, 5.74) is 8.81. The first kappa shape index (κ1) is 15.4. The van der Waals surface area contributed by atoms with Gasteiger partial charge in [-0.3, -0.25) is 4.79 Å². The predicted octanol–water partition coefficient (Wildman–Crippen LogP) is 3.12. The van der Waals surface area contributed by atoms with Crippen LogP contribution in [0.15, 0.2) is 60.9 Å². The van der Waals surface area contributed by atoms with Crippen molar-refractivity contribution in [2.24, 2.45) is 5.73 Å². The first-order chi connectivity index (χ1) is 11.6.